The van der Waals surface area contributed by atoms with Crippen molar-refractivity contribution in [2.45, 2.75) is 47.0 Å². The van der Waals surface area contributed by atoms with E-state index in [0.29, 0.717) is 0 Å². The molecule has 0 fully saturated rings. The molecule has 1 aromatic heterocycles. The summed E-state index contributed by atoms with van der Waals surface area (Å²) in [6, 6.07) is 0. The van der Waals surface area contributed by atoms with Crippen molar-refractivity contribution in [3.05, 3.63) is 17.0 Å². The highest BCUT2D eigenvalue weighted by Gasteiger charge is 2.23. The second-order valence-corrected chi connectivity index (χ2v) is 5.62. The van der Waals surface area contributed by atoms with Crippen LogP contribution in [0.15, 0.2) is 0 Å². The van der Waals surface area contributed by atoms with Crippen LogP contribution in [-0.4, -0.2) is 36.1 Å². The van der Waals surface area contributed by atoms with Gasteiger partial charge in [0.15, 0.2) is 0 Å². The van der Waals surface area contributed by atoms with Crippen molar-refractivity contribution in [2.24, 2.45) is 5.92 Å². The minimum Gasteiger partial charge on any atom is -0.341 e. The molecular weight excluding hydrogens is 248 g/mol. The maximum Gasteiger partial charge on any atom is 0.225 e. The number of rotatable bonds is 6. The Morgan fingerprint density at radius 3 is 2.60 bits per heavy atom. The molecule has 4 heteroatoms. The fraction of sp³-hybridized carbons (Fsp3) is 0.750. The Balaban J connectivity index is 2.18. The van der Waals surface area contributed by atoms with Crippen molar-refractivity contribution < 1.29 is 0 Å². The molecule has 0 radical (unpaired) electrons. The normalized spacial score (nSPS) is 17.9. The molecule has 0 aromatic carbocycles. The van der Waals surface area contributed by atoms with Gasteiger partial charge in [-0.25, -0.2) is 9.97 Å². The summed E-state index contributed by atoms with van der Waals surface area (Å²) in [4.78, 5) is 11.8. The Kier molecular flexibility index (Phi) is 5.35. The van der Waals surface area contributed by atoms with Gasteiger partial charge in [0.25, 0.3) is 0 Å². The molecule has 1 N–H and O–H groups in total. The monoisotopic (exact) mass is 276 g/mol. The molecular formula is C16H28N4. The molecule has 1 aromatic rings. The van der Waals surface area contributed by atoms with Crippen LogP contribution < -0.4 is 10.2 Å². The van der Waals surface area contributed by atoms with Crippen molar-refractivity contribution in [1.82, 2.24) is 15.3 Å². The molecule has 1 aliphatic carbocycles. The lowest BCUT2D eigenvalue weighted by molar-refractivity contribution is 0.423. The van der Waals surface area contributed by atoms with Gasteiger partial charge in [-0.3, -0.25) is 0 Å². The van der Waals surface area contributed by atoms with Gasteiger partial charge in [0.1, 0.15) is 0 Å². The van der Waals surface area contributed by atoms with Crippen LogP contribution >= 0.6 is 0 Å². The molecule has 0 bridgehead atoms. The number of anilines is 1. The van der Waals surface area contributed by atoms with E-state index >= 15 is 0 Å². The van der Waals surface area contributed by atoms with E-state index in [1.54, 1.807) is 0 Å². The maximum absolute atomic E-state index is 4.83. The Labute approximate surface area is 123 Å². The van der Waals surface area contributed by atoms with Crippen LogP contribution in [0.4, 0.5) is 5.95 Å². The maximum atomic E-state index is 4.83. The summed E-state index contributed by atoms with van der Waals surface area (Å²) in [6.07, 6.45) is 3.48. The molecule has 1 heterocycles. The Morgan fingerprint density at radius 2 is 1.95 bits per heavy atom. The second kappa shape index (κ2) is 7.02. The number of fused-ring (bicyclic) bond motifs is 1. The SMILES string of the molecule is CCNCC1CCc2nc(N(CC)CC)nc(C)c2C1. The summed E-state index contributed by atoms with van der Waals surface area (Å²) in [5.74, 6) is 1.65. The third-order valence-corrected chi connectivity index (χ3v) is 4.30. The third kappa shape index (κ3) is 3.29. The van der Waals surface area contributed by atoms with E-state index < -0.39 is 0 Å². The highest BCUT2D eigenvalue weighted by atomic mass is 15.2. The predicted molar refractivity (Wildman–Crippen MR) is 84.4 cm³/mol. The first-order valence-corrected chi connectivity index (χ1v) is 8.01. The van der Waals surface area contributed by atoms with Crippen molar-refractivity contribution in [3.8, 4) is 0 Å². The van der Waals surface area contributed by atoms with E-state index in [2.05, 4.69) is 37.9 Å². The van der Waals surface area contributed by atoms with Crippen LogP contribution in [0.3, 0.4) is 0 Å². The third-order valence-electron chi connectivity index (χ3n) is 4.30. The summed E-state index contributed by atoms with van der Waals surface area (Å²) in [7, 11) is 0. The fourth-order valence-electron chi connectivity index (χ4n) is 3.01. The van der Waals surface area contributed by atoms with E-state index in [1.165, 1.54) is 23.4 Å². The van der Waals surface area contributed by atoms with E-state index in [1.807, 2.05) is 0 Å². The van der Waals surface area contributed by atoms with Crippen LogP contribution in [0.25, 0.3) is 0 Å². The van der Waals surface area contributed by atoms with Gasteiger partial charge < -0.3 is 10.2 Å². The molecule has 20 heavy (non-hydrogen) atoms. The molecule has 4 nitrogen and oxygen atoms in total. The Hall–Kier alpha value is -1.16. The summed E-state index contributed by atoms with van der Waals surface area (Å²) >= 11 is 0. The number of nitrogens with one attached hydrogen (secondary N) is 1. The molecule has 0 saturated carbocycles. The largest absolute Gasteiger partial charge is 0.341 e. The lowest BCUT2D eigenvalue weighted by Crippen LogP contribution is -2.30. The molecule has 1 unspecified atom stereocenters. The lowest BCUT2D eigenvalue weighted by atomic mass is 9.86. The molecule has 0 spiro atoms. The highest BCUT2D eigenvalue weighted by molar-refractivity contribution is 5.38. The van der Waals surface area contributed by atoms with Crippen LogP contribution in [0.2, 0.25) is 0 Å². The van der Waals surface area contributed by atoms with Gasteiger partial charge in [-0.15, -0.1) is 0 Å². The summed E-state index contributed by atoms with van der Waals surface area (Å²) in [5.41, 5.74) is 3.86. The number of aromatic nitrogens is 2. The molecule has 0 saturated heterocycles. The first-order chi connectivity index (χ1) is 9.69. The van der Waals surface area contributed by atoms with Gasteiger partial charge in [-0.1, -0.05) is 6.92 Å². The minimum absolute atomic E-state index is 0.740. The van der Waals surface area contributed by atoms with Crippen LogP contribution in [-0.2, 0) is 12.8 Å². The molecule has 1 atom stereocenters. The second-order valence-electron chi connectivity index (χ2n) is 5.62. The van der Waals surface area contributed by atoms with E-state index in [9.17, 15) is 0 Å². The van der Waals surface area contributed by atoms with Crippen LogP contribution in [0, 0.1) is 12.8 Å². The van der Waals surface area contributed by atoms with Crippen LogP contribution in [0.5, 0.6) is 0 Å². The van der Waals surface area contributed by atoms with Gasteiger partial charge in [0.05, 0.1) is 0 Å². The number of nitrogens with zero attached hydrogens (tertiary/aromatic N) is 3. The van der Waals surface area contributed by atoms with Gasteiger partial charge in [0, 0.05) is 24.5 Å². The highest BCUT2D eigenvalue weighted by Crippen LogP contribution is 2.27. The fourth-order valence-corrected chi connectivity index (χ4v) is 3.01. The number of hydrogen-bond donors (Lipinski definition) is 1. The van der Waals surface area contributed by atoms with Gasteiger partial charge in [0.2, 0.25) is 5.95 Å². The smallest absolute Gasteiger partial charge is 0.225 e. The van der Waals surface area contributed by atoms with Crippen molar-refractivity contribution in [1.29, 1.82) is 0 Å². The van der Waals surface area contributed by atoms with E-state index in [0.717, 1.165) is 50.9 Å². The standard InChI is InChI=1S/C16H28N4/c1-5-17-11-13-8-9-15-14(10-13)12(4)18-16(19-15)20(6-2)7-3/h13,17H,5-11H2,1-4H3. The quantitative estimate of drug-likeness (QED) is 0.866. The van der Waals surface area contributed by atoms with E-state index in [4.69, 9.17) is 9.97 Å². The zero-order valence-corrected chi connectivity index (χ0v) is 13.4. The molecule has 0 aliphatic heterocycles. The van der Waals surface area contributed by atoms with Crippen molar-refractivity contribution >= 4 is 5.95 Å². The van der Waals surface area contributed by atoms with E-state index in [-0.39, 0.29) is 0 Å². The van der Waals surface area contributed by atoms with Gasteiger partial charge >= 0.3 is 0 Å². The van der Waals surface area contributed by atoms with Crippen LogP contribution in [0.1, 0.15) is 44.1 Å². The minimum atomic E-state index is 0.740. The molecule has 0 amide bonds. The predicted octanol–water partition coefficient (Wildman–Crippen LogP) is 2.35. The van der Waals surface area contributed by atoms with Crippen molar-refractivity contribution in [2.75, 3.05) is 31.1 Å². The van der Waals surface area contributed by atoms with Crippen molar-refractivity contribution in [3.63, 3.8) is 0 Å². The first kappa shape index (κ1) is 15.2. The topological polar surface area (TPSA) is 41.1 Å². The molecule has 112 valence electrons. The Morgan fingerprint density at radius 1 is 1.20 bits per heavy atom. The average molecular weight is 276 g/mol. The zero-order chi connectivity index (χ0) is 14.5. The summed E-state index contributed by atoms with van der Waals surface area (Å²) in [6.45, 7) is 12.7. The lowest BCUT2D eigenvalue weighted by Gasteiger charge is -2.27. The zero-order valence-electron chi connectivity index (χ0n) is 13.4. The first-order valence-electron chi connectivity index (χ1n) is 8.01. The summed E-state index contributed by atoms with van der Waals surface area (Å²) < 4.78 is 0. The van der Waals surface area contributed by atoms with Gasteiger partial charge in [-0.2, -0.15) is 0 Å². The molecule has 1 aliphatic rings. The number of aryl methyl sites for hydroxylation is 2. The number of hydrogen-bond acceptors (Lipinski definition) is 4. The average Bonchev–Trinajstić information content (AvgIpc) is 2.47. The Bertz CT molecular complexity index is 440. The van der Waals surface area contributed by atoms with Gasteiger partial charge in [-0.05, 0) is 64.6 Å². The molecule has 2 rings (SSSR count). The summed E-state index contributed by atoms with van der Waals surface area (Å²) in [5, 5.41) is 3.47.